The number of nitrogens with one attached hydrogen (secondary N) is 1. The number of carbonyl (C=O) groups is 1. The van der Waals surface area contributed by atoms with Crippen molar-refractivity contribution in [3.05, 3.63) is 21.0 Å². The van der Waals surface area contributed by atoms with Gasteiger partial charge in [-0.25, -0.2) is 4.68 Å². The monoisotopic (exact) mass is 345 g/mol. The van der Waals surface area contributed by atoms with Crippen LogP contribution in [0.4, 0.5) is 5.69 Å². The molecule has 1 aromatic heterocycles. The number of anilines is 1. The lowest BCUT2D eigenvalue weighted by Crippen LogP contribution is -2.33. The molecule has 0 spiro atoms. The molecule has 0 radical (unpaired) electrons. The Balaban J connectivity index is 2.13. The van der Waals surface area contributed by atoms with Gasteiger partial charge >= 0.3 is 5.97 Å². The van der Waals surface area contributed by atoms with Crippen LogP contribution in [0.3, 0.4) is 0 Å². The third kappa shape index (κ3) is 3.57. The molecule has 1 atom stereocenters. The van der Waals surface area contributed by atoms with E-state index in [4.69, 9.17) is 4.74 Å². The first-order valence-electron chi connectivity index (χ1n) is 6.28. The molecule has 0 amide bonds. The predicted molar refractivity (Wildman–Crippen MR) is 75.7 cm³/mol. The van der Waals surface area contributed by atoms with Crippen molar-refractivity contribution in [2.75, 3.05) is 25.6 Å². The topological polar surface area (TPSA) is 82.5 Å². The van der Waals surface area contributed by atoms with Crippen LogP contribution >= 0.6 is 15.9 Å². The van der Waals surface area contributed by atoms with Gasteiger partial charge in [-0.15, -0.1) is 0 Å². The van der Waals surface area contributed by atoms with E-state index < -0.39 is 5.97 Å². The molecule has 1 unspecified atom stereocenters. The number of rotatable bonds is 4. The number of methoxy groups -OCH3 is 1. The molecular weight excluding hydrogens is 330 g/mol. The quantitative estimate of drug-likeness (QED) is 0.811. The van der Waals surface area contributed by atoms with E-state index in [1.165, 1.54) is 13.3 Å². The van der Waals surface area contributed by atoms with Crippen LogP contribution < -0.4 is 10.9 Å². The molecule has 0 aromatic carbocycles. The fourth-order valence-electron chi connectivity index (χ4n) is 1.94. The zero-order valence-electron chi connectivity index (χ0n) is 11.1. The van der Waals surface area contributed by atoms with Crippen LogP contribution in [0.2, 0.25) is 0 Å². The molecule has 1 saturated heterocycles. The van der Waals surface area contributed by atoms with Gasteiger partial charge in [-0.1, -0.05) is 0 Å². The van der Waals surface area contributed by atoms with Gasteiger partial charge in [0, 0.05) is 12.6 Å². The standard InChI is InChI=1S/C12H16BrN3O4/c1-19-10(17)6-16-12(18)11(13)9(5-14-16)15-8-3-2-4-20-7-8/h5,8,15H,2-4,6-7H2,1H3. The summed E-state index contributed by atoms with van der Waals surface area (Å²) in [6.07, 6.45) is 3.49. The second kappa shape index (κ2) is 6.85. The van der Waals surface area contributed by atoms with Gasteiger partial charge in [0.05, 0.1) is 25.6 Å². The summed E-state index contributed by atoms with van der Waals surface area (Å²) in [6.45, 7) is 1.18. The second-order valence-electron chi connectivity index (χ2n) is 4.47. The minimum atomic E-state index is -0.520. The van der Waals surface area contributed by atoms with Gasteiger partial charge in [-0.3, -0.25) is 9.59 Å². The second-order valence-corrected chi connectivity index (χ2v) is 5.26. The molecule has 1 aliphatic rings. The summed E-state index contributed by atoms with van der Waals surface area (Å²) in [4.78, 5) is 23.2. The lowest BCUT2D eigenvalue weighted by Gasteiger charge is -2.24. The van der Waals surface area contributed by atoms with E-state index in [0.29, 0.717) is 16.8 Å². The zero-order chi connectivity index (χ0) is 14.5. The lowest BCUT2D eigenvalue weighted by molar-refractivity contribution is -0.141. The number of hydrogen-bond acceptors (Lipinski definition) is 6. The van der Waals surface area contributed by atoms with Crippen LogP contribution in [0.25, 0.3) is 0 Å². The molecule has 1 fully saturated rings. The highest BCUT2D eigenvalue weighted by Gasteiger charge is 2.17. The normalized spacial score (nSPS) is 18.6. The lowest BCUT2D eigenvalue weighted by atomic mass is 10.1. The maximum atomic E-state index is 12.1. The van der Waals surface area contributed by atoms with Gasteiger partial charge in [0.15, 0.2) is 0 Å². The van der Waals surface area contributed by atoms with E-state index in [-0.39, 0.29) is 18.1 Å². The van der Waals surface area contributed by atoms with Gasteiger partial charge in [-0.05, 0) is 28.8 Å². The highest BCUT2D eigenvalue weighted by Crippen LogP contribution is 2.19. The third-order valence-electron chi connectivity index (χ3n) is 3.01. The number of hydrogen-bond donors (Lipinski definition) is 1. The summed E-state index contributed by atoms with van der Waals surface area (Å²) in [7, 11) is 1.27. The van der Waals surface area contributed by atoms with Crippen LogP contribution in [0.5, 0.6) is 0 Å². The molecule has 2 heterocycles. The Morgan fingerprint density at radius 1 is 1.70 bits per heavy atom. The first kappa shape index (κ1) is 15.0. The van der Waals surface area contributed by atoms with Crippen LogP contribution in [-0.4, -0.2) is 42.1 Å². The third-order valence-corrected chi connectivity index (χ3v) is 3.78. The molecule has 20 heavy (non-hydrogen) atoms. The van der Waals surface area contributed by atoms with E-state index >= 15 is 0 Å². The molecule has 7 nitrogen and oxygen atoms in total. The van der Waals surface area contributed by atoms with Gasteiger partial charge in [-0.2, -0.15) is 5.10 Å². The first-order valence-corrected chi connectivity index (χ1v) is 7.08. The SMILES string of the molecule is COC(=O)Cn1ncc(NC2CCCOC2)c(Br)c1=O. The number of halogens is 1. The predicted octanol–water partition coefficient (Wildman–Crippen LogP) is 0.770. The Morgan fingerprint density at radius 3 is 3.15 bits per heavy atom. The maximum absolute atomic E-state index is 12.1. The molecule has 110 valence electrons. The summed E-state index contributed by atoms with van der Waals surface area (Å²) in [5.74, 6) is -0.520. The first-order chi connectivity index (χ1) is 9.61. The number of carbonyl (C=O) groups excluding carboxylic acids is 1. The molecule has 0 bridgehead atoms. The van der Waals surface area contributed by atoms with Crippen molar-refractivity contribution in [3.63, 3.8) is 0 Å². The average molecular weight is 346 g/mol. The van der Waals surface area contributed by atoms with E-state index in [0.717, 1.165) is 24.1 Å². The Kier molecular flexibility index (Phi) is 5.13. The van der Waals surface area contributed by atoms with Gasteiger partial charge in [0.2, 0.25) is 0 Å². The van der Waals surface area contributed by atoms with E-state index in [9.17, 15) is 9.59 Å². The number of aromatic nitrogens is 2. The smallest absolute Gasteiger partial charge is 0.327 e. The van der Waals surface area contributed by atoms with E-state index in [1.54, 1.807) is 0 Å². The highest BCUT2D eigenvalue weighted by molar-refractivity contribution is 9.10. The molecule has 1 N–H and O–H groups in total. The van der Waals surface area contributed by atoms with Crippen molar-refractivity contribution >= 4 is 27.6 Å². The molecular formula is C12H16BrN3O4. The van der Waals surface area contributed by atoms with Crippen molar-refractivity contribution in [1.82, 2.24) is 9.78 Å². The molecule has 1 aromatic rings. The van der Waals surface area contributed by atoms with Crippen LogP contribution in [0, 0.1) is 0 Å². The Bertz CT molecular complexity index is 540. The minimum Gasteiger partial charge on any atom is -0.468 e. The Hall–Kier alpha value is -1.41. The summed E-state index contributed by atoms with van der Waals surface area (Å²) in [6, 6.07) is 0.165. The summed E-state index contributed by atoms with van der Waals surface area (Å²) >= 11 is 3.24. The van der Waals surface area contributed by atoms with E-state index in [2.05, 4.69) is 31.1 Å². The Labute approximate surface area is 124 Å². The van der Waals surface area contributed by atoms with Gasteiger partial charge in [0.25, 0.3) is 5.56 Å². The molecule has 0 aliphatic carbocycles. The van der Waals surface area contributed by atoms with Crippen LogP contribution in [-0.2, 0) is 20.8 Å². The molecule has 1 aliphatic heterocycles. The minimum absolute atomic E-state index is 0.165. The summed E-state index contributed by atoms with van der Waals surface area (Å²) in [5.41, 5.74) is 0.226. The largest absolute Gasteiger partial charge is 0.468 e. The number of ether oxygens (including phenoxy) is 2. The zero-order valence-corrected chi connectivity index (χ0v) is 12.7. The van der Waals surface area contributed by atoms with Crippen molar-refractivity contribution in [1.29, 1.82) is 0 Å². The Morgan fingerprint density at radius 2 is 2.50 bits per heavy atom. The molecule has 2 rings (SSSR count). The number of esters is 1. The summed E-state index contributed by atoms with van der Waals surface area (Å²) in [5, 5.41) is 7.18. The summed E-state index contributed by atoms with van der Waals surface area (Å²) < 4.78 is 11.3. The molecule has 8 heteroatoms. The van der Waals surface area contributed by atoms with Crippen LogP contribution in [0.15, 0.2) is 15.5 Å². The van der Waals surface area contributed by atoms with Crippen LogP contribution in [0.1, 0.15) is 12.8 Å². The average Bonchev–Trinajstić information content (AvgIpc) is 2.48. The van der Waals surface area contributed by atoms with Gasteiger partial charge in [0.1, 0.15) is 11.0 Å². The number of nitrogens with zero attached hydrogens (tertiary/aromatic N) is 2. The maximum Gasteiger partial charge on any atom is 0.327 e. The van der Waals surface area contributed by atoms with Crippen molar-refractivity contribution < 1.29 is 14.3 Å². The van der Waals surface area contributed by atoms with Crippen molar-refractivity contribution in [2.45, 2.75) is 25.4 Å². The van der Waals surface area contributed by atoms with Crippen molar-refractivity contribution in [3.8, 4) is 0 Å². The fourth-order valence-corrected chi connectivity index (χ4v) is 2.36. The van der Waals surface area contributed by atoms with Gasteiger partial charge < -0.3 is 14.8 Å². The van der Waals surface area contributed by atoms with E-state index in [1.807, 2.05) is 0 Å². The molecule has 0 saturated carbocycles. The van der Waals surface area contributed by atoms with Crippen molar-refractivity contribution in [2.24, 2.45) is 0 Å². The highest BCUT2D eigenvalue weighted by atomic mass is 79.9. The fraction of sp³-hybridized carbons (Fsp3) is 0.583.